The van der Waals surface area contributed by atoms with Crippen LogP contribution in [0.5, 0.6) is 0 Å². The van der Waals surface area contributed by atoms with Crippen LogP contribution in [0.3, 0.4) is 0 Å². The van der Waals surface area contributed by atoms with E-state index in [1.807, 2.05) is 0 Å². The Kier molecular flexibility index (Phi) is 5.22. The van der Waals surface area contributed by atoms with Gasteiger partial charge in [0.2, 0.25) is 0 Å². The molecule has 104 valence electrons. The smallest absolute Gasteiger partial charge is 0.0456 e. The zero-order valence-electron chi connectivity index (χ0n) is 11.3. The van der Waals surface area contributed by atoms with Crippen molar-refractivity contribution in [2.75, 3.05) is 6.54 Å². The fraction of sp³-hybridized carbons (Fsp3) is 0.176. The van der Waals surface area contributed by atoms with Gasteiger partial charge in [-0.2, -0.15) is 0 Å². The van der Waals surface area contributed by atoms with Gasteiger partial charge in [0, 0.05) is 23.6 Å². The molecule has 3 rings (SSSR count). The van der Waals surface area contributed by atoms with E-state index in [9.17, 15) is 0 Å². The molecule has 3 heteroatoms. The number of hydrogen-bond donors (Lipinski definition) is 2. The first kappa shape index (κ1) is 14.6. The number of hydrogen-bond acceptors (Lipinski definition) is 1. The highest BCUT2D eigenvalue weighted by molar-refractivity contribution is 5.85. The molecule has 0 radical (unpaired) electrons. The first-order chi connectivity index (χ1) is 9.43. The number of H-pyrrole nitrogens is 1. The van der Waals surface area contributed by atoms with Crippen molar-refractivity contribution in [1.29, 1.82) is 0 Å². The van der Waals surface area contributed by atoms with Gasteiger partial charge >= 0.3 is 0 Å². The van der Waals surface area contributed by atoms with Crippen LogP contribution < -0.4 is 5.32 Å². The van der Waals surface area contributed by atoms with Crippen LogP contribution in [0.4, 0.5) is 0 Å². The minimum Gasteiger partial charge on any atom is -0.361 e. The summed E-state index contributed by atoms with van der Waals surface area (Å²) in [6, 6.07) is 19.0. The van der Waals surface area contributed by atoms with Gasteiger partial charge in [0.1, 0.15) is 0 Å². The number of fused-ring (bicyclic) bond motifs is 1. The average molecular weight is 287 g/mol. The van der Waals surface area contributed by atoms with Gasteiger partial charge in [-0.05, 0) is 30.2 Å². The van der Waals surface area contributed by atoms with E-state index in [2.05, 4.69) is 71.1 Å². The Bertz CT molecular complexity index is 646. The Morgan fingerprint density at radius 3 is 2.50 bits per heavy atom. The molecule has 0 aliphatic rings. The molecule has 0 saturated heterocycles. The first-order valence-corrected chi connectivity index (χ1v) is 6.73. The molecule has 0 saturated carbocycles. The van der Waals surface area contributed by atoms with E-state index < -0.39 is 0 Å². The number of nitrogens with one attached hydrogen (secondary N) is 2. The molecule has 0 amide bonds. The van der Waals surface area contributed by atoms with E-state index in [4.69, 9.17) is 0 Å². The van der Waals surface area contributed by atoms with E-state index in [-0.39, 0.29) is 12.4 Å². The average Bonchev–Trinajstić information content (AvgIpc) is 2.88. The maximum Gasteiger partial charge on any atom is 0.0456 e. The third kappa shape index (κ3) is 3.41. The number of aromatic amines is 1. The van der Waals surface area contributed by atoms with Crippen LogP contribution in [0, 0.1) is 0 Å². The molecule has 0 atom stereocenters. The third-order valence-electron chi connectivity index (χ3n) is 3.42. The van der Waals surface area contributed by atoms with Crippen LogP contribution >= 0.6 is 12.4 Å². The van der Waals surface area contributed by atoms with Crippen molar-refractivity contribution < 1.29 is 0 Å². The molecule has 0 fully saturated rings. The Morgan fingerprint density at radius 2 is 1.65 bits per heavy atom. The zero-order valence-corrected chi connectivity index (χ0v) is 12.1. The Morgan fingerprint density at radius 1 is 0.900 bits per heavy atom. The molecule has 0 spiro atoms. The molecule has 1 aromatic heterocycles. The van der Waals surface area contributed by atoms with Gasteiger partial charge < -0.3 is 10.3 Å². The van der Waals surface area contributed by atoms with E-state index in [1.54, 1.807) is 0 Å². The molecule has 2 aromatic carbocycles. The number of halogens is 1. The van der Waals surface area contributed by atoms with Crippen LogP contribution in [0.15, 0.2) is 60.8 Å². The fourth-order valence-electron chi connectivity index (χ4n) is 2.39. The normalized spacial score (nSPS) is 10.4. The molecule has 3 aromatic rings. The molecule has 0 aliphatic carbocycles. The maximum atomic E-state index is 3.49. The lowest BCUT2D eigenvalue weighted by atomic mass is 10.1. The Hall–Kier alpha value is -1.77. The van der Waals surface area contributed by atoms with Gasteiger partial charge in [-0.15, -0.1) is 12.4 Å². The van der Waals surface area contributed by atoms with Crippen molar-refractivity contribution in [1.82, 2.24) is 10.3 Å². The molecular formula is C17H19ClN2. The Balaban J connectivity index is 0.00000147. The third-order valence-corrected chi connectivity index (χ3v) is 3.42. The maximum absolute atomic E-state index is 3.49. The summed E-state index contributed by atoms with van der Waals surface area (Å²) in [5, 5.41) is 4.83. The number of benzene rings is 2. The molecule has 2 nitrogen and oxygen atoms in total. The molecule has 0 aliphatic heterocycles. The predicted octanol–water partition coefficient (Wildman–Crippen LogP) is 3.92. The van der Waals surface area contributed by atoms with E-state index in [1.165, 1.54) is 22.0 Å². The minimum absolute atomic E-state index is 0. The molecule has 0 unspecified atom stereocenters. The van der Waals surface area contributed by atoms with Gasteiger partial charge in [0.05, 0.1) is 0 Å². The highest BCUT2D eigenvalue weighted by Gasteiger charge is 2.01. The summed E-state index contributed by atoms with van der Waals surface area (Å²) in [7, 11) is 0. The topological polar surface area (TPSA) is 27.8 Å². The van der Waals surface area contributed by atoms with Crippen molar-refractivity contribution in [2.45, 2.75) is 13.0 Å². The van der Waals surface area contributed by atoms with Crippen molar-refractivity contribution in [3.63, 3.8) is 0 Å². The SMILES string of the molecule is Cl.c1ccc(CNCCc2c[nH]c3ccccc23)cc1. The quantitative estimate of drug-likeness (QED) is 0.684. The summed E-state index contributed by atoms with van der Waals surface area (Å²) >= 11 is 0. The van der Waals surface area contributed by atoms with Crippen LogP contribution in [-0.2, 0) is 13.0 Å². The lowest BCUT2D eigenvalue weighted by Gasteiger charge is -2.04. The summed E-state index contributed by atoms with van der Waals surface area (Å²) in [4.78, 5) is 3.32. The molecule has 1 heterocycles. The number of para-hydroxylation sites is 1. The summed E-state index contributed by atoms with van der Waals surface area (Å²) in [5.74, 6) is 0. The van der Waals surface area contributed by atoms with Crippen molar-refractivity contribution >= 4 is 23.3 Å². The van der Waals surface area contributed by atoms with E-state index in [0.29, 0.717) is 0 Å². The summed E-state index contributed by atoms with van der Waals surface area (Å²) in [5.41, 5.74) is 3.94. The zero-order chi connectivity index (χ0) is 12.9. The highest BCUT2D eigenvalue weighted by atomic mass is 35.5. The van der Waals surface area contributed by atoms with Crippen LogP contribution in [0.2, 0.25) is 0 Å². The molecule has 20 heavy (non-hydrogen) atoms. The van der Waals surface area contributed by atoms with Crippen molar-refractivity contribution in [3.8, 4) is 0 Å². The second-order valence-electron chi connectivity index (χ2n) is 4.77. The first-order valence-electron chi connectivity index (χ1n) is 6.73. The van der Waals surface area contributed by atoms with Gasteiger partial charge in [0.15, 0.2) is 0 Å². The lowest BCUT2D eigenvalue weighted by molar-refractivity contribution is 0.688. The molecule has 0 bridgehead atoms. The summed E-state index contributed by atoms with van der Waals surface area (Å²) in [6.07, 6.45) is 3.17. The summed E-state index contributed by atoms with van der Waals surface area (Å²) in [6.45, 7) is 1.93. The van der Waals surface area contributed by atoms with Crippen molar-refractivity contribution in [2.24, 2.45) is 0 Å². The fourth-order valence-corrected chi connectivity index (χ4v) is 2.39. The van der Waals surface area contributed by atoms with E-state index in [0.717, 1.165) is 19.5 Å². The van der Waals surface area contributed by atoms with Crippen LogP contribution in [0.25, 0.3) is 10.9 Å². The monoisotopic (exact) mass is 286 g/mol. The van der Waals surface area contributed by atoms with Crippen molar-refractivity contribution in [3.05, 3.63) is 71.9 Å². The van der Waals surface area contributed by atoms with Gasteiger partial charge in [0.25, 0.3) is 0 Å². The highest BCUT2D eigenvalue weighted by Crippen LogP contribution is 2.17. The van der Waals surface area contributed by atoms with Crippen LogP contribution in [0.1, 0.15) is 11.1 Å². The van der Waals surface area contributed by atoms with Gasteiger partial charge in [-0.3, -0.25) is 0 Å². The predicted molar refractivity (Wildman–Crippen MR) is 87.4 cm³/mol. The number of rotatable bonds is 5. The molecular weight excluding hydrogens is 268 g/mol. The van der Waals surface area contributed by atoms with Crippen LogP contribution in [-0.4, -0.2) is 11.5 Å². The minimum atomic E-state index is 0. The molecule has 2 N–H and O–H groups in total. The summed E-state index contributed by atoms with van der Waals surface area (Å²) < 4.78 is 0. The standard InChI is InChI=1S/C17H18N2.ClH/c1-2-6-14(7-3-1)12-18-11-10-15-13-19-17-9-5-4-8-16(15)17;/h1-9,13,18-19H,10-12H2;1H. The second-order valence-corrected chi connectivity index (χ2v) is 4.77. The largest absolute Gasteiger partial charge is 0.361 e. The Labute approximate surface area is 125 Å². The van der Waals surface area contributed by atoms with Gasteiger partial charge in [-0.25, -0.2) is 0 Å². The number of aromatic nitrogens is 1. The van der Waals surface area contributed by atoms with Gasteiger partial charge in [-0.1, -0.05) is 48.5 Å². The second kappa shape index (κ2) is 7.13. The lowest BCUT2D eigenvalue weighted by Crippen LogP contribution is -2.16. The van der Waals surface area contributed by atoms with E-state index >= 15 is 0 Å².